The molecule has 0 saturated carbocycles. The molecule has 8 nitrogen and oxygen atoms in total. The van der Waals surface area contributed by atoms with E-state index in [1.54, 1.807) is 13.1 Å². The van der Waals surface area contributed by atoms with Gasteiger partial charge < -0.3 is 14.7 Å². The summed E-state index contributed by atoms with van der Waals surface area (Å²) in [6.45, 7) is 5.28. The Labute approximate surface area is 151 Å². The van der Waals surface area contributed by atoms with Gasteiger partial charge in [0.25, 0.3) is 0 Å². The quantitative estimate of drug-likeness (QED) is 0.753. The van der Waals surface area contributed by atoms with Crippen LogP contribution in [0.4, 0.5) is 10.5 Å². The lowest BCUT2D eigenvalue weighted by Crippen LogP contribution is -2.41. The molecule has 0 spiro atoms. The Kier molecular flexibility index (Phi) is 4.32. The van der Waals surface area contributed by atoms with E-state index >= 15 is 0 Å². The summed E-state index contributed by atoms with van der Waals surface area (Å²) in [6.07, 6.45) is 4.49. The van der Waals surface area contributed by atoms with Crippen LogP contribution >= 0.6 is 0 Å². The summed E-state index contributed by atoms with van der Waals surface area (Å²) in [4.78, 5) is 18.7. The first kappa shape index (κ1) is 16.6. The molecular weight excluding hydrogens is 332 g/mol. The minimum Gasteiger partial charge on any atom is -0.340 e. The van der Waals surface area contributed by atoms with Crippen molar-refractivity contribution >= 4 is 22.6 Å². The predicted octanol–water partition coefficient (Wildman–Crippen LogP) is 3.05. The van der Waals surface area contributed by atoms with E-state index in [9.17, 15) is 4.79 Å². The van der Waals surface area contributed by atoms with E-state index < -0.39 is 0 Å². The van der Waals surface area contributed by atoms with Gasteiger partial charge in [-0.3, -0.25) is 5.10 Å². The number of nitrogens with zero attached hydrogens (tertiary/aromatic N) is 4. The minimum atomic E-state index is -0.0582. The Bertz CT molecular complexity index is 923. The van der Waals surface area contributed by atoms with Crippen LogP contribution in [0, 0.1) is 19.8 Å². The Morgan fingerprint density at radius 3 is 2.88 bits per heavy atom. The standard InChI is InChI=1S/C18H22N6O2/c1-11-7-14(9-16-15(11)10-19-22-16)21-18(25)24-5-3-13(4-6-24)8-17-20-12(2)26-23-17/h7,9-10,13H,3-6,8H2,1-2H3,(H,19,22)(H,21,25). The number of piperidine rings is 1. The molecule has 0 unspecified atom stereocenters. The van der Waals surface area contributed by atoms with Gasteiger partial charge in [-0.2, -0.15) is 10.1 Å². The summed E-state index contributed by atoms with van der Waals surface area (Å²) in [6, 6.07) is 3.83. The fourth-order valence-electron chi connectivity index (χ4n) is 3.53. The molecule has 3 heterocycles. The number of aromatic nitrogens is 4. The Morgan fingerprint density at radius 1 is 1.35 bits per heavy atom. The van der Waals surface area contributed by atoms with Crippen molar-refractivity contribution in [3.05, 3.63) is 35.6 Å². The normalized spacial score (nSPS) is 15.5. The third-order valence-corrected chi connectivity index (χ3v) is 4.96. The summed E-state index contributed by atoms with van der Waals surface area (Å²) in [7, 11) is 0. The summed E-state index contributed by atoms with van der Waals surface area (Å²) < 4.78 is 5.02. The number of hydrogen-bond acceptors (Lipinski definition) is 5. The number of benzene rings is 1. The van der Waals surface area contributed by atoms with E-state index in [1.807, 2.05) is 24.0 Å². The maximum atomic E-state index is 12.6. The highest BCUT2D eigenvalue weighted by molar-refractivity contribution is 5.93. The van der Waals surface area contributed by atoms with Gasteiger partial charge in [0.15, 0.2) is 5.82 Å². The number of urea groups is 1. The van der Waals surface area contributed by atoms with Gasteiger partial charge >= 0.3 is 6.03 Å². The monoisotopic (exact) mass is 354 g/mol. The number of likely N-dealkylation sites (tertiary alicyclic amines) is 1. The van der Waals surface area contributed by atoms with Crippen molar-refractivity contribution in [2.24, 2.45) is 5.92 Å². The van der Waals surface area contributed by atoms with Crippen LogP contribution in [0.15, 0.2) is 22.9 Å². The molecule has 2 aromatic heterocycles. The molecule has 0 radical (unpaired) electrons. The highest BCUT2D eigenvalue weighted by Gasteiger charge is 2.24. The Balaban J connectivity index is 1.34. The van der Waals surface area contributed by atoms with Crippen LogP contribution in [-0.2, 0) is 6.42 Å². The number of carbonyl (C=O) groups is 1. The fraction of sp³-hybridized carbons (Fsp3) is 0.444. The fourth-order valence-corrected chi connectivity index (χ4v) is 3.53. The van der Waals surface area contributed by atoms with E-state index in [1.165, 1.54) is 0 Å². The highest BCUT2D eigenvalue weighted by Crippen LogP contribution is 2.24. The van der Waals surface area contributed by atoms with E-state index in [0.717, 1.165) is 60.3 Å². The maximum absolute atomic E-state index is 12.6. The molecule has 1 fully saturated rings. The first-order chi connectivity index (χ1) is 12.6. The van der Waals surface area contributed by atoms with Crippen LogP contribution in [0.2, 0.25) is 0 Å². The van der Waals surface area contributed by atoms with Gasteiger partial charge in [-0.15, -0.1) is 0 Å². The second kappa shape index (κ2) is 6.78. The molecule has 2 N–H and O–H groups in total. The zero-order chi connectivity index (χ0) is 18.1. The number of hydrogen-bond donors (Lipinski definition) is 2. The van der Waals surface area contributed by atoms with Gasteiger partial charge in [-0.1, -0.05) is 5.16 Å². The van der Waals surface area contributed by atoms with Crippen molar-refractivity contribution in [3.63, 3.8) is 0 Å². The van der Waals surface area contributed by atoms with Crippen LogP contribution in [0.1, 0.15) is 30.1 Å². The van der Waals surface area contributed by atoms with Gasteiger partial charge in [-0.05, 0) is 43.4 Å². The van der Waals surface area contributed by atoms with Gasteiger partial charge in [0.05, 0.1) is 11.7 Å². The largest absolute Gasteiger partial charge is 0.340 e. The molecule has 1 aliphatic heterocycles. The third-order valence-electron chi connectivity index (χ3n) is 4.96. The molecule has 0 aliphatic carbocycles. The number of aryl methyl sites for hydroxylation is 2. The molecule has 4 rings (SSSR count). The van der Waals surface area contributed by atoms with Crippen LogP contribution in [-0.4, -0.2) is 44.4 Å². The zero-order valence-electron chi connectivity index (χ0n) is 15.0. The summed E-state index contributed by atoms with van der Waals surface area (Å²) >= 11 is 0. The van der Waals surface area contributed by atoms with Crippen LogP contribution in [0.25, 0.3) is 10.9 Å². The Hall–Kier alpha value is -2.90. The van der Waals surface area contributed by atoms with Crippen molar-refractivity contribution in [3.8, 4) is 0 Å². The molecule has 136 valence electrons. The highest BCUT2D eigenvalue weighted by atomic mass is 16.5. The second-order valence-corrected chi connectivity index (χ2v) is 6.92. The minimum absolute atomic E-state index is 0.0582. The molecule has 26 heavy (non-hydrogen) atoms. The van der Waals surface area contributed by atoms with Crippen molar-refractivity contribution in [2.75, 3.05) is 18.4 Å². The van der Waals surface area contributed by atoms with Gasteiger partial charge in [0.1, 0.15) is 0 Å². The van der Waals surface area contributed by atoms with Crippen LogP contribution in [0.3, 0.4) is 0 Å². The average Bonchev–Trinajstić information content (AvgIpc) is 3.24. The second-order valence-electron chi connectivity index (χ2n) is 6.92. The van der Waals surface area contributed by atoms with Gasteiger partial charge in [-0.25, -0.2) is 4.79 Å². The van der Waals surface area contributed by atoms with Gasteiger partial charge in [0.2, 0.25) is 5.89 Å². The lowest BCUT2D eigenvalue weighted by atomic mass is 9.93. The topological polar surface area (TPSA) is 99.9 Å². The molecular formula is C18H22N6O2. The van der Waals surface area contributed by atoms with Crippen LogP contribution < -0.4 is 5.32 Å². The van der Waals surface area contributed by atoms with E-state index in [0.29, 0.717) is 11.8 Å². The lowest BCUT2D eigenvalue weighted by molar-refractivity contribution is 0.181. The summed E-state index contributed by atoms with van der Waals surface area (Å²) in [5.74, 6) is 1.84. The molecule has 1 aromatic carbocycles. The number of nitrogens with one attached hydrogen (secondary N) is 2. The number of rotatable bonds is 3. The molecule has 3 aromatic rings. The molecule has 0 atom stereocenters. The molecule has 8 heteroatoms. The average molecular weight is 354 g/mol. The van der Waals surface area contributed by atoms with Crippen molar-refractivity contribution in [1.82, 2.24) is 25.2 Å². The number of anilines is 1. The SMILES string of the molecule is Cc1nc(CC2CCN(C(=O)Nc3cc(C)c4cn[nH]c4c3)CC2)no1. The van der Waals surface area contributed by atoms with Crippen molar-refractivity contribution in [1.29, 1.82) is 0 Å². The van der Waals surface area contributed by atoms with Crippen LogP contribution in [0.5, 0.6) is 0 Å². The van der Waals surface area contributed by atoms with Gasteiger partial charge in [0, 0.05) is 37.5 Å². The maximum Gasteiger partial charge on any atom is 0.321 e. The first-order valence-corrected chi connectivity index (χ1v) is 8.87. The predicted molar refractivity (Wildman–Crippen MR) is 96.9 cm³/mol. The number of H-pyrrole nitrogens is 1. The number of amides is 2. The van der Waals surface area contributed by atoms with Crippen molar-refractivity contribution in [2.45, 2.75) is 33.1 Å². The van der Waals surface area contributed by atoms with E-state index in [-0.39, 0.29) is 6.03 Å². The molecule has 1 saturated heterocycles. The number of fused-ring (bicyclic) bond motifs is 1. The molecule has 0 bridgehead atoms. The first-order valence-electron chi connectivity index (χ1n) is 8.87. The third kappa shape index (κ3) is 3.40. The molecule has 2 amide bonds. The van der Waals surface area contributed by atoms with Crippen molar-refractivity contribution < 1.29 is 9.32 Å². The number of carbonyl (C=O) groups excluding carboxylic acids is 1. The summed E-state index contributed by atoms with van der Waals surface area (Å²) in [5.41, 5.74) is 2.80. The summed E-state index contributed by atoms with van der Waals surface area (Å²) in [5, 5.41) is 15.0. The Morgan fingerprint density at radius 2 is 2.15 bits per heavy atom. The zero-order valence-corrected chi connectivity index (χ0v) is 15.0. The van der Waals surface area contributed by atoms with E-state index in [2.05, 4.69) is 25.7 Å². The number of aromatic amines is 1. The molecule has 1 aliphatic rings. The van der Waals surface area contributed by atoms with E-state index in [4.69, 9.17) is 4.52 Å². The lowest BCUT2D eigenvalue weighted by Gasteiger charge is -2.31. The smallest absolute Gasteiger partial charge is 0.321 e.